The summed E-state index contributed by atoms with van der Waals surface area (Å²) in [5.41, 5.74) is 9.81. The molecule has 106 valence electrons. The minimum absolute atomic E-state index is 0.856. The number of nitrogens with two attached hydrogens (primary N) is 1. The van der Waals surface area contributed by atoms with E-state index in [1.807, 2.05) is 0 Å². The van der Waals surface area contributed by atoms with Gasteiger partial charge < -0.3 is 5.73 Å². The SMILES string of the molecule is NC1=CC=C(CN2CCC(Cc3ccccc3)CC2)C1. The highest BCUT2D eigenvalue weighted by Crippen LogP contribution is 2.24. The van der Waals surface area contributed by atoms with Gasteiger partial charge in [0.05, 0.1) is 0 Å². The highest BCUT2D eigenvalue weighted by molar-refractivity contribution is 5.29. The van der Waals surface area contributed by atoms with Crippen molar-refractivity contribution in [3.05, 3.63) is 59.3 Å². The third-order valence-electron chi connectivity index (χ3n) is 4.47. The van der Waals surface area contributed by atoms with Crippen molar-refractivity contribution in [1.29, 1.82) is 0 Å². The molecule has 1 heterocycles. The fourth-order valence-corrected chi connectivity index (χ4v) is 3.30. The fraction of sp³-hybridized carbons (Fsp3) is 0.444. The predicted molar refractivity (Wildman–Crippen MR) is 84.3 cm³/mol. The summed E-state index contributed by atoms with van der Waals surface area (Å²) in [5.74, 6) is 0.856. The zero-order valence-electron chi connectivity index (χ0n) is 12.1. The molecule has 0 atom stereocenters. The molecule has 0 saturated carbocycles. The molecule has 2 N–H and O–H groups in total. The Morgan fingerprint density at radius 1 is 1.05 bits per heavy atom. The van der Waals surface area contributed by atoms with Crippen LogP contribution in [0.2, 0.25) is 0 Å². The molecular weight excluding hydrogens is 244 g/mol. The monoisotopic (exact) mass is 268 g/mol. The van der Waals surface area contributed by atoms with Gasteiger partial charge in [-0.1, -0.05) is 42.0 Å². The third kappa shape index (κ3) is 3.51. The van der Waals surface area contributed by atoms with E-state index < -0.39 is 0 Å². The molecule has 1 aromatic rings. The number of piperidine rings is 1. The molecule has 0 aromatic heterocycles. The number of benzene rings is 1. The van der Waals surface area contributed by atoms with E-state index in [4.69, 9.17) is 5.73 Å². The van der Waals surface area contributed by atoms with Crippen molar-refractivity contribution < 1.29 is 0 Å². The Labute approximate surface area is 122 Å². The Balaban J connectivity index is 1.43. The lowest BCUT2D eigenvalue weighted by Crippen LogP contribution is -2.35. The van der Waals surface area contributed by atoms with Crippen molar-refractivity contribution >= 4 is 0 Å². The molecular formula is C18H24N2. The summed E-state index contributed by atoms with van der Waals surface area (Å²) in [6, 6.07) is 10.9. The maximum Gasteiger partial charge on any atom is 0.0199 e. The van der Waals surface area contributed by atoms with E-state index >= 15 is 0 Å². The van der Waals surface area contributed by atoms with Gasteiger partial charge in [-0.2, -0.15) is 0 Å². The molecule has 2 heteroatoms. The average Bonchev–Trinajstić information content (AvgIpc) is 2.88. The first-order chi connectivity index (χ1) is 9.79. The molecule has 20 heavy (non-hydrogen) atoms. The van der Waals surface area contributed by atoms with Crippen LogP contribution in [0.25, 0.3) is 0 Å². The molecule has 2 aliphatic rings. The highest BCUT2D eigenvalue weighted by atomic mass is 15.1. The molecule has 1 saturated heterocycles. The van der Waals surface area contributed by atoms with Crippen LogP contribution in [0.15, 0.2) is 53.8 Å². The second-order valence-electron chi connectivity index (χ2n) is 6.15. The first-order valence-corrected chi connectivity index (χ1v) is 7.70. The van der Waals surface area contributed by atoms with Crippen LogP contribution < -0.4 is 5.73 Å². The van der Waals surface area contributed by atoms with Crippen LogP contribution in [0.5, 0.6) is 0 Å². The topological polar surface area (TPSA) is 29.3 Å². The van der Waals surface area contributed by atoms with Crippen LogP contribution >= 0.6 is 0 Å². The molecule has 3 rings (SSSR count). The van der Waals surface area contributed by atoms with E-state index in [0.29, 0.717) is 0 Å². The number of hydrogen-bond acceptors (Lipinski definition) is 2. The largest absolute Gasteiger partial charge is 0.402 e. The van der Waals surface area contributed by atoms with Gasteiger partial charge in [-0.3, -0.25) is 4.90 Å². The highest BCUT2D eigenvalue weighted by Gasteiger charge is 2.20. The molecule has 0 unspecified atom stereocenters. The minimum atomic E-state index is 0.856. The summed E-state index contributed by atoms with van der Waals surface area (Å²) in [6.45, 7) is 3.57. The molecule has 2 nitrogen and oxygen atoms in total. The average molecular weight is 268 g/mol. The zero-order chi connectivity index (χ0) is 13.8. The van der Waals surface area contributed by atoms with Crippen LogP contribution in [0.4, 0.5) is 0 Å². The fourth-order valence-electron chi connectivity index (χ4n) is 3.30. The Morgan fingerprint density at radius 2 is 1.80 bits per heavy atom. The van der Waals surface area contributed by atoms with E-state index in [0.717, 1.165) is 24.6 Å². The van der Waals surface area contributed by atoms with Gasteiger partial charge in [-0.15, -0.1) is 0 Å². The predicted octanol–water partition coefficient (Wildman–Crippen LogP) is 3.11. The number of nitrogens with zero attached hydrogens (tertiary/aromatic N) is 1. The number of likely N-dealkylation sites (tertiary alicyclic amines) is 1. The van der Waals surface area contributed by atoms with Gasteiger partial charge in [-0.25, -0.2) is 0 Å². The Hall–Kier alpha value is -1.54. The third-order valence-corrected chi connectivity index (χ3v) is 4.47. The van der Waals surface area contributed by atoms with Crippen LogP contribution in [0, 0.1) is 5.92 Å². The maximum absolute atomic E-state index is 5.83. The summed E-state index contributed by atoms with van der Waals surface area (Å²) in [4.78, 5) is 2.58. The maximum atomic E-state index is 5.83. The van der Waals surface area contributed by atoms with E-state index in [-0.39, 0.29) is 0 Å². The molecule has 0 radical (unpaired) electrons. The zero-order valence-corrected chi connectivity index (χ0v) is 12.1. The molecule has 1 aromatic carbocycles. The van der Waals surface area contributed by atoms with Crippen molar-refractivity contribution in [2.45, 2.75) is 25.7 Å². The lowest BCUT2D eigenvalue weighted by molar-refractivity contribution is 0.196. The molecule has 1 fully saturated rings. The molecule has 0 amide bonds. The summed E-state index contributed by atoms with van der Waals surface area (Å²) in [6.07, 6.45) is 9.12. The Bertz CT molecular complexity index is 493. The minimum Gasteiger partial charge on any atom is -0.402 e. The second kappa shape index (κ2) is 6.27. The van der Waals surface area contributed by atoms with E-state index in [9.17, 15) is 0 Å². The van der Waals surface area contributed by atoms with Crippen molar-refractivity contribution in [3.63, 3.8) is 0 Å². The van der Waals surface area contributed by atoms with E-state index in [1.165, 1.54) is 43.5 Å². The molecule has 0 bridgehead atoms. The summed E-state index contributed by atoms with van der Waals surface area (Å²) in [7, 11) is 0. The normalized spacial score (nSPS) is 20.8. The summed E-state index contributed by atoms with van der Waals surface area (Å²) < 4.78 is 0. The van der Waals surface area contributed by atoms with Gasteiger partial charge in [-0.05, 0) is 49.9 Å². The van der Waals surface area contributed by atoms with Crippen LogP contribution in [0.3, 0.4) is 0 Å². The summed E-state index contributed by atoms with van der Waals surface area (Å²) >= 11 is 0. The van der Waals surface area contributed by atoms with Crippen molar-refractivity contribution in [2.24, 2.45) is 11.7 Å². The molecule has 1 aliphatic heterocycles. The number of rotatable bonds is 4. The van der Waals surface area contributed by atoms with Gasteiger partial charge in [0.1, 0.15) is 0 Å². The smallest absolute Gasteiger partial charge is 0.0199 e. The first kappa shape index (κ1) is 13.4. The second-order valence-corrected chi connectivity index (χ2v) is 6.15. The van der Waals surface area contributed by atoms with Crippen molar-refractivity contribution in [3.8, 4) is 0 Å². The van der Waals surface area contributed by atoms with E-state index in [2.05, 4.69) is 47.4 Å². The standard InChI is InChI=1S/C18H24N2/c19-18-7-6-17(13-18)14-20-10-8-16(9-11-20)12-15-4-2-1-3-5-15/h1-7,16H,8-14,19H2. The lowest BCUT2D eigenvalue weighted by atomic mass is 9.90. The lowest BCUT2D eigenvalue weighted by Gasteiger charge is -2.32. The Kier molecular flexibility index (Phi) is 4.22. The van der Waals surface area contributed by atoms with Gasteiger partial charge >= 0.3 is 0 Å². The van der Waals surface area contributed by atoms with Crippen LogP contribution in [0.1, 0.15) is 24.8 Å². The van der Waals surface area contributed by atoms with Crippen molar-refractivity contribution in [1.82, 2.24) is 4.90 Å². The first-order valence-electron chi connectivity index (χ1n) is 7.70. The van der Waals surface area contributed by atoms with Crippen LogP contribution in [-0.4, -0.2) is 24.5 Å². The number of hydrogen-bond donors (Lipinski definition) is 1. The van der Waals surface area contributed by atoms with Crippen molar-refractivity contribution in [2.75, 3.05) is 19.6 Å². The van der Waals surface area contributed by atoms with E-state index in [1.54, 1.807) is 0 Å². The van der Waals surface area contributed by atoms with Gasteiger partial charge in [0.15, 0.2) is 0 Å². The molecule has 1 aliphatic carbocycles. The number of allylic oxidation sites excluding steroid dienone is 3. The quantitative estimate of drug-likeness (QED) is 0.909. The molecule has 0 spiro atoms. The summed E-state index contributed by atoms with van der Waals surface area (Å²) in [5, 5.41) is 0. The van der Waals surface area contributed by atoms with Crippen LogP contribution in [-0.2, 0) is 6.42 Å². The van der Waals surface area contributed by atoms with Gasteiger partial charge in [0.2, 0.25) is 0 Å². The Morgan fingerprint density at radius 3 is 2.45 bits per heavy atom. The van der Waals surface area contributed by atoms with Gasteiger partial charge in [0, 0.05) is 18.7 Å². The van der Waals surface area contributed by atoms with Gasteiger partial charge in [0.25, 0.3) is 0 Å².